The standard InChI is InChI=1S/C17H20N2O3S/c1-2-3-10-22-15-9-5-4-8-14(15)16(20)19-17(23)18-12-13-7-6-11-21-13/h4-9,11H,2-3,10,12H2,1H3,(H2,18,19,20,23). The maximum Gasteiger partial charge on any atom is 0.261 e. The summed E-state index contributed by atoms with van der Waals surface area (Å²) in [4.78, 5) is 12.3. The van der Waals surface area contributed by atoms with Gasteiger partial charge in [-0.15, -0.1) is 0 Å². The Kier molecular flexibility index (Phi) is 6.62. The van der Waals surface area contributed by atoms with E-state index in [-0.39, 0.29) is 11.0 Å². The fourth-order valence-electron chi connectivity index (χ4n) is 1.90. The average Bonchev–Trinajstić information content (AvgIpc) is 3.07. The number of hydrogen-bond acceptors (Lipinski definition) is 4. The van der Waals surface area contributed by atoms with Gasteiger partial charge in [-0.1, -0.05) is 25.5 Å². The highest BCUT2D eigenvalue weighted by atomic mass is 32.1. The molecule has 1 heterocycles. The van der Waals surface area contributed by atoms with E-state index in [0.29, 0.717) is 24.5 Å². The molecule has 0 spiro atoms. The van der Waals surface area contributed by atoms with Gasteiger partial charge in [0.05, 0.1) is 25.0 Å². The summed E-state index contributed by atoms with van der Waals surface area (Å²) >= 11 is 5.13. The first-order valence-electron chi connectivity index (χ1n) is 7.54. The van der Waals surface area contributed by atoms with Gasteiger partial charge in [-0.3, -0.25) is 10.1 Å². The summed E-state index contributed by atoms with van der Waals surface area (Å²) in [6.45, 7) is 3.09. The number of ether oxygens (including phenoxy) is 1. The second-order valence-corrected chi connectivity index (χ2v) is 5.32. The molecule has 122 valence electrons. The average molecular weight is 332 g/mol. The van der Waals surface area contributed by atoms with Crippen molar-refractivity contribution in [2.75, 3.05) is 6.61 Å². The van der Waals surface area contributed by atoms with Crippen molar-refractivity contribution in [3.63, 3.8) is 0 Å². The van der Waals surface area contributed by atoms with E-state index in [1.807, 2.05) is 12.1 Å². The Hall–Kier alpha value is -2.34. The molecule has 0 unspecified atom stereocenters. The largest absolute Gasteiger partial charge is 0.493 e. The number of hydrogen-bond donors (Lipinski definition) is 2. The number of unbranched alkanes of at least 4 members (excludes halogenated alkanes) is 1. The smallest absolute Gasteiger partial charge is 0.261 e. The Balaban J connectivity index is 1.90. The van der Waals surface area contributed by atoms with E-state index in [9.17, 15) is 4.79 Å². The Labute approximate surface area is 141 Å². The van der Waals surface area contributed by atoms with Crippen LogP contribution >= 0.6 is 12.2 Å². The molecule has 0 aliphatic heterocycles. The Morgan fingerprint density at radius 2 is 2.09 bits per heavy atom. The van der Waals surface area contributed by atoms with Gasteiger partial charge in [-0.25, -0.2) is 0 Å². The molecule has 0 aliphatic rings. The SMILES string of the molecule is CCCCOc1ccccc1C(=O)NC(=S)NCc1ccco1. The molecule has 23 heavy (non-hydrogen) atoms. The summed E-state index contributed by atoms with van der Waals surface area (Å²) in [5.41, 5.74) is 0.464. The molecule has 0 saturated carbocycles. The van der Waals surface area contributed by atoms with Crippen molar-refractivity contribution < 1.29 is 13.9 Å². The predicted molar refractivity (Wildman–Crippen MR) is 92.5 cm³/mol. The Morgan fingerprint density at radius 1 is 1.26 bits per heavy atom. The van der Waals surface area contributed by atoms with Crippen LogP contribution in [-0.4, -0.2) is 17.6 Å². The van der Waals surface area contributed by atoms with Gasteiger partial charge in [0.1, 0.15) is 11.5 Å². The molecule has 0 atom stereocenters. The summed E-state index contributed by atoms with van der Waals surface area (Å²) in [5.74, 6) is 1.01. The number of benzene rings is 1. The summed E-state index contributed by atoms with van der Waals surface area (Å²) in [6.07, 6.45) is 3.57. The molecule has 1 amide bonds. The van der Waals surface area contributed by atoms with Gasteiger partial charge < -0.3 is 14.5 Å². The van der Waals surface area contributed by atoms with Crippen molar-refractivity contribution in [1.29, 1.82) is 0 Å². The normalized spacial score (nSPS) is 10.1. The van der Waals surface area contributed by atoms with E-state index in [4.69, 9.17) is 21.4 Å². The number of para-hydroxylation sites is 1. The number of rotatable bonds is 7. The van der Waals surface area contributed by atoms with Gasteiger partial charge in [-0.05, 0) is 42.9 Å². The molecule has 5 nitrogen and oxygen atoms in total. The van der Waals surface area contributed by atoms with E-state index in [1.165, 1.54) is 0 Å². The van der Waals surface area contributed by atoms with Gasteiger partial charge in [0, 0.05) is 0 Å². The van der Waals surface area contributed by atoms with Crippen LogP contribution in [0.25, 0.3) is 0 Å². The van der Waals surface area contributed by atoms with Crippen molar-refractivity contribution in [3.8, 4) is 5.75 Å². The van der Waals surface area contributed by atoms with Crippen molar-refractivity contribution in [1.82, 2.24) is 10.6 Å². The zero-order valence-corrected chi connectivity index (χ0v) is 13.8. The lowest BCUT2D eigenvalue weighted by molar-refractivity contribution is 0.0972. The van der Waals surface area contributed by atoms with Crippen molar-refractivity contribution >= 4 is 23.2 Å². The third kappa shape index (κ3) is 5.41. The lowest BCUT2D eigenvalue weighted by Gasteiger charge is -2.12. The molecule has 0 saturated heterocycles. The van der Waals surface area contributed by atoms with E-state index in [0.717, 1.165) is 18.6 Å². The van der Waals surface area contributed by atoms with E-state index >= 15 is 0 Å². The van der Waals surface area contributed by atoms with Gasteiger partial charge in [0.15, 0.2) is 5.11 Å². The Bertz CT molecular complexity index is 641. The first-order valence-corrected chi connectivity index (χ1v) is 7.95. The fourth-order valence-corrected chi connectivity index (χ4v) is 2.07. The number of amides is 1. The molecule has 1 aromatic heterocycles. The van der Waals surface area contributed by atoms with E-state index < -0.39 is 0 Å². The number of nitrogens with one attached hydrogen (secondary N) is 2. The monoisotopic (exact) mass is 332 g/mol. The minimum Gasteiger partial charge on any atom is -0.493 e. The first kappa shape index (κ1) is 17.0. The molecule has 0 fully saturated rings. The summed E-state index contributed by atoms with van der Waals surface area (Å²) < 4.78 is 10.9. The molecule has 1 aromatic carbocycles. The zero-order valence-electron chi connectivity index (χ0n) is 13.0. The van der Waals surface area contributed by atoms with Crippen LogP contribution in [0.5, 0.6) is 5.75 Å². The summed E-state index contributed by atoms with van der Waals surface area (Å²) in [6, 6.07) is 10.7. The number of carbonyl (C=O) groups excluding carboxylic acids is 1. The molecule has 2 N–H and O–H groups in total. The van der Waals surface area contributed by atoms with Gasteiger partial charge >= 0.3 is 0 Å². The molecular formula is C17H20N2O3S. The van der Waals surface area contributed by atoms with Gasteiger partial charge in [0.25, 0.3) is 5.91 Å². The number of furan rings is 1. The minimum atomic E-state index is -0.297. The zero-order chi connectivity index (χ0) is 16.5. The van der Waals surface area contributed by atoms with Crippen LogP contribution in [0, 0.1) is 0 Å². The van der Waals surface area contributed by atoms with Crippen LogP contribution in [-0.2, 0) is 6.54 Å². The van der Waals surface area contributed by atoms with Crippen molar-refractivity contribution in [2.45, 2.75) is 26.3 Å². The minimum absolute atomic E-state index is 0.245. The highest BCUT2D eigenvalue weighted by Crippen LogP contribution is 2.18. The van der Waals surface area contributed by atoms with Crippen molar-refractivity contribution in [2.24, 2.45) is 0 Å². The van der Waals surface area contributed by atoms with Crippen LogP contribution < -0.4 is 15.4 Å². The van der Waals surface area contributed by atoms with Crippen LogP contribution in [0.2, 0.25) is 0 Å². The van der Waals surface area contributed by atoms with Crippen LogP contribution in [0.4, 0.5) is 0 Å². The lowest BCUT2D eigenvalue weighted by Crippen LogP contribution is -2.38. The molecule has 6 heteroatoms. The molecule has 2 aromatic rings. The summed E-state index contributed by atoms with van der Waals surface area (Å²) in [5, 5.41) is 5.82. The fraction of sp³-hybridized carbons (Fsp3) is 0.294. The second kappa shape index (κ2) is 8.95. The first-order chi connectivity index (χ1) is 11.2. The lowest BCUT2D eigenvalue weighted by atomic mass is 10.2. The van der Waals surface area contributed by atoms with Crippen LogP contribution in [0.1, 0.15) is 35.9 Å². The molecule has 2 rings (SSSR count). The number of carbonyl (C=O) groups is 1. The molecular weight excluding hydrogens is 312 g/mol. The predicted octanol–water partition coefficient (Wildman–Crippen LogP) is 3.26. The molecule has 0 radical (unpaired) electrons. The Morgan fingerprint density at radius 3 is 2.83 bits per heavy atom. The maximum absolute atomic E-state index is 12.3. The highest BCUT2D eigenvalue weighted by Gasteiger charge is 2.13. The van der Waals surface area contributed by atoms with Crippen molar-refractivity contribution in [3.05, 3.63) is 54.0 Å². The number of thiocarbonyl (C=S) groups is 1. The van der Waals surface area contributed by atoms with E-state index in [2.05, 4.69) is 17.6 Å². The van der Waals surface area contributed by atoms with Crippen LogP contribution in [0.15, 0.2) is 47.1 Å². The highest BCUT2D eigenvalue weighted by molar-refractivity contribution is 7.80. The van der Waals surface area contributed by atoms with Gasteiger partial charge in [0.2, 0.25) is 0 Å². The summed E-state index contributed by atoms with van der Waals surface area (Å²) in [7, 11) is 0. The maximum atomic E-state index is 12.3. The topological polar surface area (TPSA) is 63.5 Å². The third-order valence-electron chi connectivity index (χ3n) is 3.12. The van der Waals surface area contributed by atoms with Crippen LogP contribution in [0.3, 0.4) is 0 Å². The van der Waals surface area contributed by atoms with E-state index in [1.54, 1.807) is 30.5 Å². The quantitative estimate of drug-likeness (QED) is 0.602. The second-order valence-electron chi connectivity index (χ2n) is 4.91. The third-order valence-corrected chi connectivity index (χ3v) is 3.36. The molecule has 0 bridgehead atoms. The van der Waals surface area contributed by atoms with Gasteiger partial charge in [-0.2, -0.15) is 0 Å². The molecule has 0 aliphatic carbocycles.